The Morgan fingerprint density at radius 2 is 2.40 bits per heavy atom. The minimum Gasteiger partial charge on any atom is -0.499 e. The molecule has 0 spiro atoms. The summed E-state index contributed by atoms with van der Waals surface area (Å²) in [6.07, 6.45) is 7.44. The van der Waals surface area contributed by atoms with E-state index in [4.69, 9.17) is 4.74 Å². The van der Waals surface area contributed by atoms with Gasteiger partial charge in [-0.3, -0.25) is 10.6 Å². The van der Waals surface area contributed by atoms with E-state index in [9.17, 15) is 0 Å². The number of hydrogen-bond acceptors (Lipinski definition) is 3. The first-order valence-electron chi connectivity index (χ1n) is 5.43. The molecule has 3 heteroatoms. The predicted molar refractivity (Wildman–Crippen MR) is 59.2 cm³/mol. The normalized spacial score (nSPS) is 37.7. The number of nitrogens with one attached hydrogen (secondary N) is 2. The van der Waals surface area contributed by atoms with E-state index in [1.807, 2.05) is 6.08 Å². The zero-order chi connectivity index (χ0) is 10.5. The second-order valence-electron chi connectivity index (χ2n) is 4.45. The van der Waals surface area contributed by atoms with Gasteiger partial charge in [0, 0.05) is 6.54 Å². The van der Waals surface area contributed by atoms with Crippen molar-refractivity contribution >= 4 is 0 Å². The summed E-state index contributed by atoms with van der Waals surface area (Å²) in [7, 11) is 1.73. The van der Waals surface area contributed by atoms with Gasteiger partial charge in [0.05, 0.1) is 18.8 Å². The van der Waals surface area contributed by atoms with E-state index in [1.54, 1.807) is 7.11 Å². The Labute approximate surface area is 89.9 Å². The van der Waals surface area contributed by atoms with E-state index in [0.29, 0.717) is 0 Å². The number of methoxy groups -OCH3 is 1. The molecule has 3 nitrogen and oxygen atoms in total. The van der Waals surface area contributed by atoms with Crippen molar-refractivity contribution < 1.29 is 4.74 Å². The van der Waals surface area contributed by atoms with Crippen LogP contribution in [0.15, 0.2) is 35.1 Å². The van der Waals surface area contributed by atoms with Crippen molar-refractivity contribution in [2.75, 3.05) is 13.7 Å². The molecule has 2 N–H and O–H groups in total. The van der Waals surface area contributed by atoms with Crippen LogP contribution in [0.25, 0.3) is 0 Å². The first-order valence-corrected chi connectivity index (χ1v) is 5.43. The average Bonchev–Trinajstić information content (AvgIpc) is 2.71. The van der Waals surface area contributed by atoms with Gasteiger partial charge in [-0.25, -0.2) is 0 Å². The minimum absolute atomic E-state index is 0.0215. The highest BCUT2D eigenvalue weighted by Crippen LogP contribution is 2.38. The molecule has 1 aliphatic carbocycles. The Kier molecular flexibility index (Phi) is 1.82. The van der Waals surface area contributed by atoms with Crippen molar-refractivity contribution in [3.8, 4) is 0 Å². The highest BCUT2D eigenvalue weighted by atomic mass is 16.5. The molecule has 2 unspecified atom stereocenters. The van der Waals surface area contributed by atoms with E-state index in [-0.39, 0.29) is 11.7 Å². The molecule has 15 heavy (non-hydrogen) atoms. The third-order valence-electron chi connectivity index (χ3n) is 3.61. The Morgan fingerprint density at radius 1 is 1.53 bits per heavy atom. The largest absolute Gasteiger partial charge is 0.499 e. The fraction of sp³-hybridized carbons (Fsp3) is 0.500. The lowest BCUT2D eigenvalue weighted by molar-refractivity contribution is 0.249. The Balaban J connectivity index is 2.06. The minimum atomic E-state index is -0.0215. The van der Waals surface area contributed by atoms with Crippen molar-refractivity contribution in [1.29, 1.82) is 0 Å². The first-order chi connectivity index (χ1) is 7.24. The molecule has 2 heterocycles. The van der Waals surface area contributed by atoms with Crippen LogP contribution >= 0.6 is 0 Å². The lowest BCUT2D eigenvalue weighted by Gasteiger charge is -2.26. The molecule has 0 amide bonds. The highest BCUT2D eigenvalue weighted by Gasteiger charge is 2.45. The van der Waals surface area contributed by atoms with Gasteiger partial charge in [0.2, 0.25) is 0 Å². The van der Waals surface area contributed by atoms with Crippen LogP contribution in [0.1, 0.15) is 13.3 Å². The summed E-state index contributed by atoms with van der Waals surface area (Å²) in [6.45, 7) is 3.27. The quantitative estimate of drug-likeness (QED) is 0.670. The molecular formula is C12H16N2O. The predicted octanol–water partition coefficient (Wildman–Crippen LogP) is 1.06. The van der Waals surface area contributed by atoms with Gasteiger partial charge < -0.3 is 4.74 Å². The van der Waals surface area contributed by atoms with Crippen LogP contribution in [-0.4, -0.2) is 25.4 Å². The first kappa shape index (κ1) is 9.19. The molecule has 3 rings (SSSR count). The van der Waals surface area contributed by atoms with Crippen LogP contribution < -0.4 is 10.6 Å². The average molecular weight is 204 g/mol. The molecular weight excluding hydrogens is 188 g/mol. The summed E-state index contributed by atoms with van der Waals surface area (Å²) < 4.78 is 5.40. The summed E-state index contributed by atoms with van der Waals surface area (Å²) >= 11 is 0. The van der Waals surface area contributed by atoms with E-state index >= 15 is 0 Å². The molecule has 0 saturated carbocycles. The number of fused-ring (bicyclic) bond motifs is 2. The zero-order valence-electron chi connectivity index (χ0n) is 9.13. The number of ether oxygens (including phenoxy) is 1. The van der Waals surface area contributed by atoms with Crippen LogP contribution in [0, 0.1) is 0 Å². The zero-order valence-corrected chi connectivity index (χ0v) is 9.13. The molecule has 1 fully saturated rings. The van der Waals surface area contributed by atoms with Gasteiger partial charge in [-0.2, -0.15) is 0 Å². The van der Waals surface area contributed by atoms with Gasteiger partial charge in [0.1, 0.15) is 5.76 Å². The molecule has 0 radical (unpaired) electrons. The van der Waals surface area contributed by atoms with Crippen LogP contribution in [0.3, 0.4) is 0 Å². The molecule has 2 atom stereocenters. The van der Waals surface area contributed by atoms with E-state index in [1.165, 1.54) is 11.1 Å². The molecule has 0 aromatic rings. The SMILES string of the molecule is COC1=CC=CC2=C3CCNC3(C)NC12. The number of rotatable bonds is 1. The van der Waals surface area contributed by atoms with Crippen LogP contribution in [-0.2, 0) is 4.74 Å². The monoisotopic (exact) mass is 204 g/mol. The van der Waals surface area contributed by atoms with Crippen molar-refractivity contribution in [2.24, 2.45) is 0 Å². The molecule has 1 saturated heterocycles. The summed E-state index contributed by atoms with van der Waals surface area (Å²) in [6, 6.07) is 0.243. The molecule has 2 aliphatic heterocycles. The van der Waals surface area contributed by atoms with Gasteiger partial charge in [-0.15, -0.1) is 0 Å². The second-order valence-corrected chi connectivity index (χ2v) is 4.45. The molecule has 0 aromatic heterocycles. The second kappa shape index (κ2) is 2.97. The summed E-state index contributed by atoms with van der Waals surface area (Å²) in [5, 5.41) is 7.11. The summed E-state index contributed by atoms with van der Waals surface area (Å²) in [5.74, 6) is 1.01. The maximum atomic E-state index is 5.40. The maximum Gasteiger partial charge on any atom is 0.117 e. The highest BCUT2D eigenvalue weighted by molar-refractivity contribution is 5.51. The third-order valence-corrected chi connectivity index (χ3v) is 3.61. The standard InChI is InChI=1S/C12H16N2O/c1-12-9(6-7-13-12)8-4-3-5-10(15-2)11(8)14-12/h3-5,11,13-14H,6-7H2,1-2H3. The summed E-state index contributed by atoms with van der Waals surface area (Å²) in [4.78, 5) is 0. The van der Waals surface area contributed by atoms with Crippen molar-refractivity contribution in [1.82, 2.24) is 10.6 Å². The van der Waals surface area contributed by atoms with Gasteiger partial charge in [0.25, 0.3) is 0 Å². The van der Waals surface area contributed by atoms with Gasteiger partial charge in [-0.1, -0.05) is 12.2 Å². The van der Waals surface area contributed by atoms with Gasteiger partial charge in [-0.05, 0) is 30.6 Å². The molecule has 0 aromatic carbocycles. The molecule has 80 valence electrons. The van der Waals surface area contributed by atoms with Crippen LogP contribution in [0.2, 0.25) is 0 Å². The lowest BCUT2D eigenvalue weighted by atomic mass is 9.96. The van der Waals surface area contributed by atoms with Crippen LogP contribution in [0.4, 0.5) is 0 Å². The van der Waals surface area contributed by atoms with Gasteiger partial charge >= 0.3 is 0 Å². The lowest BCUT2D eigenvalue weighted by Crippen LogP contribution is -2.51. The van der Waals surface area contributed by atoms with Crippen molar-refractivity contribution in [3.05, 3.63) is 35.1 Å². The summed E-state index contributed by atoms with van der Waals surface area (Å²) in [5.41, 5.74) is 2.86. The fourth-order valence-corrected chi connectivity index (χ4v) is 2.86. The Bertz CT molecular complexity index is 394. The van der Waals surface area contributed by atoms with Gasteiger partial charge in [0.15, 0.2) is 0 Å². The maximum absolute atomic E-state index is 5.40. The fourth-order valence-electron chi connectivity index (χ4n) is 2.86. The van der Waals surface area contributed by atoms with E-state index in [2.05, 4.69) is 29.7 Å². The Hall–Kier alpha value is -1.06. The topological polar surface area (TPSA) is 33.3 Å². The van der Waals surface area contributed by atoms with E-state index < -0.39 is 0 Å². The smallest absolute Gasteiger partial charge is 0.117 e. The van der Waals surface area contributed by atoms with Crippen molar-refractivity contribution in [2.45, 2.75) is 25.0 Å². The van der Waals surface area contributed by atoms with Crippen LogP contribution in [0.5, 0.6) is 0 Å². The van der Waals surface area contributed by atoms with E-state index in [0.717, 1.165) is 18.7 Å². The molecule has 0 bridgehead atoms. The third kappa shape index (κ3) is 1.13. The Morgan fingerprint density at radius 3 is 3.20 bits per heavy atom. The number of allylic oxidation sites excluding steroid dienone is 2. The van der Waals surface area contributed by atoms with Crippen molar-refractivity contribution in [3.63, 3.8) is 0 Å². The number of hydrogen-bond donors (Lipinski definition) is 2. The molecule has 3 aliphatic rings.